The minimum absolute atomic E-state index is 0.169. The Morgan fingerprint density at radius 3 is 2.67 bits per heavy atom. The van der Waals surface area contributed by atoms with Gasteiger partial charge < -0.3 is 20.4 Å². The van der Waals surface area contributed by atoms with E-state index in [0.29, 0.717) is 30.5 Å². The second-order valence-electron chi connectivity index (χ2n) is 7.54. The average Bonchev–Trinajstić information content (AvgIpc) is 3.23. The molecule has 7 nitrogen and oxygen atoms in total. The number of methoxy groups -OCH3 is 1. The van der Waals surface area contributed by atoms with Crippen molar-refractivity contribution in [2.24, 2.45) is 5.92 Å². The third-order valence-corrected chi connectivity index (χ3v) is 5.49. The summed E-state index contributed by atoms with van der Waals surface area (Å²) in [7, 11) is 1.60. The number of aromatic nitrogens is 2. The highest BCUT2D eigenvalue weighted by atomic mass is 16.5. The zero-order chi connectivity index (χ0) is 21.1. The first-order valence-corrected chi connectivity index (χ1v) is 9.91. The number of hydrogen-bond acceptors (Lipinski definition) is 5. The molecule has 0 aliphatic carbocycles. The molecule has 7 heteroatoms. The van der Waals surface area contributed by atoms with Crippen molar-refractivity contribution in [3.8, 4) is 17.0 Å². The molecule has 2 aromatic heterocycles. The Morgan fingerprint density at radius 1 is 1.20 bits per heavy atom. The fourth-order valence-electron chi connectivity index (χ4n) is 3.83. The molecule has 1 aromatic carbocycles. The normalized spacial score (nSPS) is 15.9. The van der Waals surface area contributed by atoms with E-state index < -0.39 is 0 Å². The lowest BCUT2D eigenvalue weighted by atomic mass is 10.00. The van der Waals surface area contributed by atoms with E-state index in [9.17, 15) is 9.59 Å². The molecule has 3 aromatic rings. The third kappa shape index (κ3) is 4.20. The molecule has 0 spiro atoms. The minimum Gasteiger partial charge on any atom is -0.497 e. The van der Waals surface area contributed by atoms with Gasteiger partial charge in [0, 0.05) is 25.0 Å². The van der Waals surface area contributed by atoms with Crippen LogP contribution in [0.4, 0.5) is 5.82 Å². The number of nitrogens with zero attached hydrogens (tertiary/aromatic N) is 2. The molecule has 0 saturated carbocycles. The number of likely N-dealkylation sites (tertiary alicyclic amines) is 1. The first-order valence-electron chi connectivity index (χ1n) is 9.91. The Morgan fingerprint density at radius 2 is 2.00 bits per heavy atom. The predicted molar refractivity (Wildman–Crippen MR) is 115 cm³/mol. The largest absolute Gasteiger partial charge is 0.497 e. The summed E-state index contributed by atoms with van der Waals surface area (Å²) < 4.78 is 5.16. The van der Waals surface area contributed by atoms with Crippen molar-refractivity contribution < 1.29 is 9.53 Å². The molecule has 4 rings (SSSR count). The van der Waals surface area contributed by atoms with Gasteiger partial charge in [-0.2, -0.15) is 0 Å². The van der Waals surface area contributed by atoms with Crippen molar-refractivity contribution in [1.82, 2.24) is 14.9 Å². The fraction of sp³-hybridized carbons (Fsp3) is 0.261. The SMILES string of the molecule is COc1ccc(-c2ccc(C(=O)N3CCC(Cc4ccc(N)nc4)C3)c(=O)[nH]2)cc1. The van der Waals surface area contributed by atoms with E-state index in [2.05, 4.69) is 9.97 Å². The molecule has 154 valence electrons. The molecular formula is C23H24N4O3. The first kappa shape index (κ1) is 19.7. The van der Waals surface area contributed by atoms with Crippen LogP contribution < -0.4 is 16.0 Å². The number of anilines is 1. The number of amides is 1. The second-order valence-corrected chi connectivity index (χ2v) is 7.54. The minimum atomic E-state index is -0.375. The number of hydrogen-bond donors (Lipinski definition) is 2. The smallest absolute Gasteiger partial charge is 0.261 e. The summed E-state index contributed by atoms with van der Waals surface area (Å²) in [6.07, 6.45) is 3.52. The van der Waals surface area contributed by atoms with E-state index in [1.807, 2.05) is 30.3 Å². The standard InChI is InChI=1S/C23H24N4O3/c1-30-18-5-3-17(4-6-18)20-8-7-19(22(28)26-20)23(29)27-11-10-16(14-27)12-15-2-9-21(24)25-13-15/h2-9,13,16H,10-12,14H2,1H3,(H2,24,25)(H,26,28). The van der Waals surface area contributed by atoms with Crippen LogP contribution in [0.25, 0.3) is 11.3 Å². The Hall–Kier alpha value is -3.61. The maximum absolute atomic E-state index is 12.9. The molecule has 1 atom stereocenters. The molecule has 1 aliphatic rings. The monoisotopic (exact) mass is 404 g/mol. The van der Waals surface area contributed by atoms with E-state index in [-0.39, 0.29) is 17.0 Å². The van der Waals surface area contributed by atoms with E-state index in [1.165, 1.54) is 0 Å². The van der Waals surface area contributed by atoms with Crippen molar-refractivity contribution >= 4 is 11.7 Å². The summed E-state index contributed by atoms with van der Waals surface area (Å²) >= 11 is 0. The number of carbonyl (C=O) groups excluding carboxylic acids is 1. The van der Waals surface area contributed by atoms with Gasteiger partial charge in [-0.05, 0) is 72.4 Å². The summed E-state index contributed by atoms with van der Waals surface area (Å²) in [6, 6.07) is 14.5. The van der Waals surface area contributed by atoms with Crippen LogP contribution in [0.3, 0.4) is 0 Å². The highest BCUT2D eigenvalue weighted by Crippen LogP contribution is 2.23. The van der Waals surface area contributed by atoms with Gasteiger partial charge in [0.2, 0.25) is 0 Å². The lowest BCUT2D eigenvalue weighted by Crippen LogP contribution is -2.33. The maximum atomic E-state index is 12.9. The molecule has 1 fully saturated rings. The van der Waals surface area contributed by atoms with Crippen LogP contribution in [-0.4, -0.2) is 41.0 Å². The van der Waals surface area contributed by atoms with Gasteiger partial charge in [0.15, 0.2) is 0 Å². The van der Waals surface area contributed by atoms with E-state index in [1.54, 1.807) is 36.4 Å². The second kappa shape index (κ2) is 8.41. The number of nitrogen functional groups attached to an aromatic ring is 1. The third-order valence-electron chi connectivity index (χ3n) is 5.49. The molecule has 30 heavy (non-hydrogen) atoms. The lowest BCUT2D eigenvalue weighted by Gasteiger charge is -2.16. The van der Waals surface area contributed by atoms with Crippen molar-refractivity contribution in [2.45, 2.75) is 12.8 Å². The van der Waals surface area contributed by atoms with Gasteiger partial charge >= 0.3 is 0 Å². The summed E-state index contributed by atoms with van der Waals surface area (Å²) in [5.74, 6) is 1.36. The van der Waals surface area contributed by atoms with Gasteiger partial charge in [-0.15, -0.1) is 0 Å². The number of pyridine rings is 2. The van der Waals surface area contributed by atoms with Gasteiger partial charge in [0.25, 0.3) is 11.5 Å². The number of carbonyl (C=O) groups is 1. The van der Waals surface area contributed by atoms with E-state index in [0.717, 1.165) is 29.7 Å². The number of rotatable bonds is 5. The molecule has 0 radical (unpaired) electrons. The molecule has 1 amide bonds. The quantitative estimate of drug-likeness (QED) is 0.681. The number of aromatic amines is 1. The Bertz CT molecular complexity index is 1090. The van der Waals surface area contributed by atoms with Crippen LogP contribution in [0.15, 0.2) is 59.5 Å². The Balaban J connectivity index is 1.44. The zero-order valence-electron chi connectivity index (χ0n) is 16.8. The molecule has 1 saturated heterocycles. The Labute approximate surface area is 174 Å². The van der Waals surface area contributed by atoms with Gasteiger partial charge in [0.1, 0.15) is 17.1 Å². The van der Waals surface area contributed by atoms with Gasteiger partial charge in [0.05, 0.1) is 7.11 Å². The number of benzene rings is 1. The topological polar surface area (TPSA) is 101 Å². The summed E-state index contributed by atoms with van der Waals surface area (Å²) in [5.41, 5.74) is 8.04. The first-order chi connectivity index (χ1) is 14.5. The maximum Gasteiger partial charge on any atom is 0.261 e. The van der Waals surface area contributed by atoms with Crippen molar-refractivity contribution in [1.29, 1.82) is 0 Å². The van der Waals surface area contributed by atoms with Crippen LogP contribution in [-0.2, 0) is 6.42 Å². The van der Waals surface area contributed by atoms with Gasteiger partial charge in [-0.1, -0.05) is 6.07 Å². The highest BCUT2D eigenvalue weighted by molar-refractivity contribution is 5.94. The highest BCUT2D eigenvalue weighted by Gasteiger charge is 2.28. The summed E-state index contributed by atoms with van der Waals surface area (Å²) in [4.78, 5) is 34.2. The lowest BCUT2D eigenvalue weighted by molar-refractivity contribution is 0.0785. The van der Waals surface area contributed by atoms with Crippen molar-refractivity contribution in [3.05, 3.63) is 76.2 Å². The molecular weight excluding hydrogens is 380 g/mol. The molecule has 1 unspecified atom stereocenters. The molecule has 3 heterocycles. The number of nitrogens with two attached hydrogens (primary N) is 1. The van der Waals surface area contributed by atoms with Crippen LogP contribution in [0.1, 0.15) is 22.3 Å². The zero-order valence-corrected chi connectivity index (χ0v) is 16.8. The summed E-state index contributed by atoms with van der Waals surface area (Å²) in [5, 5.41) is 0. The van der Waals surface area contributed by atoms with E-state index >= 15 is 0 Å². The van der Waals surface area contributed by atoms with Gasteiger partial charge in [-0.3, -0.25) is 9.59 Å². The predicted octanol–water partition coefficient (Wildman–Crippen LogP) is 2.73. The Kier molecular flexibility index (Phi) is 5.52. The van der Waals surface area contributed by atoms with E-state index in [4.69, 9.17) is 10.5 Å². The summed E-state index contributed by atoms with van der Waals surface area (Å²) in [6.45, 7) is 1.27. The van der Waals surface area contributed by atoms with Crippen molar-refractivity contribution in [3.63, 3.8) is 0 Å². The molecule has 0 bridgehead atoms. The van der Waals surface area contributed by atoms with Crippen molar-refractivity contribution in [2.75, 3.05) is 25.9 Å². The van der Waals surface area contributed by atoms with Crippen LogP contribution in [0.5, 0.6) is 5.75 Å². The van der Waals surface area contributed by atoms with Crippen LogP contribution in [0.2, 0.25) is 0 Å². The molecule has 3 N–H and O–H groups in total. The molecule has 1 aliphatic heterocycles. The van der Waals surface area contributed by atoms with Crippen LogP contribution >= 0.6 is 0 Å². The number of nitrogens with one attached hydrogen (secondary N) is 1. The van der Waals surface area contributed by atoms with Crippen LogP contribution in [0, 0.1) is 5.92 Å². The number of ether oxygens (including phenoxy) is 1. The van der Waals surface area contributed by atoms with Gasteiger partial charge in [-0.25, -0.2) is 4.98 Å². The number of H-pyrrole nitrogens is 1. The average molecular weight is 404 g/mol. The fourth-order valence-corrected chi connectivity index (χ4v) is 3.83.